The molecule has 2 aliphatic rings. The average molecular weight is 435 g/mol. The van der Waals surface area contributed by atoms with Crippen molar-refractivity contribution in [2.45, 2.75) is 44.1 Å². The lowest BCUT2D eigenvalue weighted by Gasteiger charge is -2.25. The number of hydrogen-bond donors (Lipinski definition) is 3. The molecule has 3 unspecified atom stereocenters. The fourth-order valence-corrected chi connectivity index (χ4v) is 3.53. The molecule has 166 valence electrons. The Bertz CT molecular complexity index is 1060. The lowest BCUT2D eigenvalue weighted by Crippen LogP contribution is -2.42. The SMILES string of the molecule is CC1COc2ccc(C(=O)Nc3ccn(C4O[C@H](CO)[C@@H](O)C4(C)F)c(=O)n3)cc2O1. The van der Waals surface area contributed by atoms with Crippen LogP contribution >= 0.6 is 0 Å². The number of halogens is 1. The van der Waals surface area contributed by atoms with Gasteiger partial charge in [0.05, 0.1) is 6.61 Å². The maximum Gasteiger partial charge on any atom is 0.351 e. The molecule has 0 bridgehead atoms. The molecule has 1 fully saturated rings. The van der Waals surface area contributed by atoms with Gasteiger partial charge in [-0.05, 0) is 38.1 Å². The van der Waals surface area contributed by atoms with E-state index in [0.29, 0.717) is 18.1 Å². The lowest BCUT2D eigenvalue weighted by molar-refractivity contribution is -0.0610. The third-order valence-electron chi connectivity index (χ3n) is 5.23. The van der Waals surface area contributed by atoms with Crippen LogP contribution in [0.1, 0.15) is 30.4 Å². The third-order valence-corrected chi connectivity index (χ3v) is 5.23. The Hall–Kier alpha value is -3.02. The summed E-state index contributed by atoms with van der Waals surface area (Å²) in [6.07, 6.45) is -3.23. The van der Waals surface area contributed by atoms with Crippen LogP contribution in [0.4, 0.5) is 10.2 Å². The first kappa shape index (κ1) is 21.2. The summed E-state index contributed by atoms with van der Waals surface area (Å²) in [6.45, 7) is 2.72. The van der Waals surface area contributed by atoms with Gasteiger partial charge in [-0.3, -0.25) is 9.36 Å². The Balaban J connectivity index is 1.52. The quantitative estimate of drug-likeness (QED) is 0.637. The molecule has 0 radical (unpaired) electrons. The highest BCUT2D eigenvalue weighted by Crippen LogP contribution is 2.40. The first-order valence-electron chi connectivity index (χ1n) is 9.68. The second-order valence-corrected chi connectivity index (χ2v) is 7.66. The predicted octanol–water partition coefficient (Wildman–Crippen LogP) is 0.634. The van der Waals surface area contributed by atoms with Crippen molar-refractivity contribution in [3.8, 4) is 11.5 Å². The molecular weight excluding hydrogens is 413 g/mol. The Labute approximate surface area is 176 Å². The van der Waals surface area contributed by atoms with E-state index in [4.69, 9.17) is 14.2 Å². The summed E-state index contributed by atoms with van der Waals surface area (Å²) < 4.78 is 32.2. The van der Waals surface area contributed by atoms with Crippen molar-refractivity contribution in [2.75, 3.05) is 18.5 Å². The first-order valence-corrected chi connectivity index (χ1v) is 9.68. The van der Waals surface area contributed by atoms with Crippen LogP contribution in [0.5, 0.6) is 11.5 Å². The topological polar surface area (TPSA) is 132 Å². The summed E-state index contributed by atoms with van der Waals surface area (Å²) in [7, 11) is 0. The molecule has 4 rings (SSSR count). The molecule has 0 spiro atoms. The van der Waals surface area contributed by atoms with E-state index in [0.717, 1.165) is 11.5 Å². The van der Waals surface area contributed by atoms with Crippen molar-refractivity contribution in [3.05, 3.63) is 46.5 Å². The molecule has 3 heterocycles. The van der Waals surface area contributed by atoms with Gasteiger partial charge in [0.25, 0.3) is 5.91 Å². The molecule has 0 aliphatic carbocycles. The second kappa shape index (κ2) is 7.91. The summed E-state index contributed by atoms with van der Waals surface area (Å²) in [4.78, 5) is 28.7. The maximum atomic E-state index is 14.9. The smallest absolute Gasteiger partial charge is 0.351 e. The number of ether oxygens (including phenoxy) is 3. The number of hydrogen-bond acceptors (Lipinski definition) is 8. The third kappa shape index (κ3) is 3.87. The number of aromatic nitrogens is 2. The van der Waals surface area contributed by atoms with Crippen LogP contribution < -0.4 is 20.5 Å². The number of benzene rings is 1. The fraction of sp³-hybridized carbons (Fsp3) is 0.450. The zero-order valence-electron chi connectivity index (χ0n) is 16.8. The zero-order chi connectivity index (χ0) is 22.3. The number of nitrogens with one attached hydrogen (secondary N) is 1. The standard InChI is InChI=1S/C20H22FN3O7/c1-10-9-29-12-4-3-11(7-13(12)30-10)17(27)22-15-5-6-24(19(28)23-15)18-20(2,21)16(26)14(8-25)31-18/h3-7,10,14,16,18,25-26H,8-9H2,1-2H3,(H,22,23,27,28)/t10?,14-,16-,18?,20?/m1/s1. The number of rotatable bonds is 4. The highest BCUT2D eigenvalue weighted by molar-refractivity contribution is 6.04. The Kier molecular flexibility index (Phi) is 5.42. The maximum absolute atomic E-state index is 14.9. The van der Waals surface area contributed by atoms with Crippen molar-refractivity contribution >= 4 is 11.7 Å². The van der Waals surface area contributed by atoms with E-state index in [1.165, 1.54) is 18.3 Å². The number of aliphatic hydroxyl groups is 2. The first-order chi connectivity index (χ1) is 14.7. The Morgan fingerprint density at radius 1 is 1.39 bits per heavy atom. The minimum absolute atomic E-state index is 0.0488. The van der Waals surface area contributed by atoms with Gasteiger partial charge in [-0.1, -0.05) is 0 Å². The van der Waals surface area contributed by atoms with E-state index in [1.54, 1.807) is 12.1 Å². The van der Waals surface area contributed by atoms with Crippen molar-refractivity contribution in [2.24, 2.45) is 0 Å². The van der Waals surface area contributed by atoms with Crippen molar-refractivity contribution < 1.29 is 33.6 Å². The minimum Gasteiger partial charge on any atom is -0.486 e. The number of carbonyl (C=O) groups is 1. The molecule has 11 heteroatoms. The summed E-state index contributed by atoms with van der Waals surface area (Å²) in [5.74, 6) is 0.391. The molecule has 1 aromatic heterocycles. The molecule has 2 aliphatic heterocycles. The summed E-state index contributed by atoms with van der Waals surface area (Å²) in [5, 5.41) is 21.7. The monoisotopic (exact) mass is 435 g/mol. The van der Waals surface area contributed by atoms with Gasteiger partial charge in [0.1, 0.15) is 30.7 Å². The molecule has 10 nitrogen and oxygen atoms in total. The Morgan fingerprint density at radius 3 is 2.84 bits per heavy atom. The number of amides is 1. The molecule has 0 saturated carbocycles. The van der Waals surface area contributed by atoms with E-state index in [-0.39, 0.29) is 17.5 Å². The van der Waals surface area contributed by atoms with Crippen LogP contribution in [-0.2, 0) is 4.74 Å². The number of nitrogens with zero attached hydrogens (tertiary/aromatic N) is 2. The van der Waals surface area contributed by atoms with Crippen LogP contribution in [0.15, 0.2) is 35.3 Å². The summed E-state index contributed by atoms with van der Waals surface area (Å²) in [6, 6.07) is 5.99. The summed E-state index contributed by atoms with van der Waals surface area (Å²) >= 11 is 0. The van der Waals surface area contributed by atoms with Gasteiger partial charge < -0.3 is 29.7 Å². The van der Waals surface area contributed by atoms with Gasteiger partial charge in [-0.2, -0.15) is 4.98 Å². The van der Waals surface area contributed by atoms with Gasteiger partial charge in [0.2, 0.25) is 0 Å². The number of anilines is 1. The highest BCUT2D eigenvalue weighted by atomic mass is 19.1. The highest BCUT2D eigenvalue weighted by Gasteiger charge is 2.55. The van der Waals surface area contributed by atoms with Gasteiger partial charge >= 0.3 is 5.69 Å². The normalized spacial score (nSPS) is 29.6. The van der Waals surface area contributed by atoms with Crippen molar-refractivity contribution in [1.29, 1.82) is 0 Å². The van der Waals surface area contributed by atoms with Gasteiger partial charge in [-0.25, -0.2) is 9.18 Å². The Morgan fingerprint density at radius 2 is 2.16 bits per heavy atom. The zero-order valence-corrected chi connectivity index (χ0v) is 16.8. The van der Waals surface area contributed by atoms with Crippen LogP contribution in [0.3, 0.4) is 0 Å². The molecule has 1 saturated heterocycles. The number of fused-ring (bicyclic) bond motifs is 1. The molecule has 31 heavy (non-hydrogen) atoms. The minimum atomic E-state index is -2.33. The van der Waals surface area contributed by atoms with Gasteiger partial charge in [0.15, 0.2) is 23.4 Å². The van der Waals surface area contributed by atoms with Crippen LogP contribution in [0.2, 0.25) is 0 Å². The molecule has 1 amide bonds. The van der Waals surface area contributed by atoms with Gasteiger partial charge in [0, 0.05) is 11.8 Å². The van der Waals surface area contributed by atoms with E-state index in [9.17, 15) is 24.2 Å². The number of carbonyl (C=O) groups excluding carboxylic acids is 1. The van der Waals surface area contributed by atoms with E-state index >= 15 is 0 Å². The van der Waals surface area contributed by atoms with E-state index in [2.05, 4.69) is 10.3 Å². The summed E-state index contributed by atoms with van der Waals surface area (Å²) in [5.41, 5.74) is -2.95. The predicted molar refractivity (Wildman–Crippen MR) is 105 cm³/mol. The van der Waals surface area contributed by atoms with Crippen molar-refractivity contribution in [3.63, 3.8) is 0 Å². The molecule has 2 aromatic rings. The lowest BCUT2D eigenvalue weighted by atomic mass is 9.98. The largest absolute Gasteiger partial charge is 0.486 e. The van der Waals surface area contributed by atoms with E-state index < -0.39 is 42.3 Å². The molecule has 5 atom stereocenters. The van der Waals surface area contributed by atoms with Crippen LogP contribution in [0, 0.1) is 0 Å². The molecule has 1 aromatic carbocycles. The average Bonchev–Trinajstić information content (AvgIpc) is 2.96. The second-order valence-electron chi connectivity index (χ2n) is 7.66. The fourth-order valence-electron chi connectivity index (χ4n) is 3.53. The molecule has 3 N–H and O–H groups in total. The van der Waals surface area contributed by atoms with Crippen LogP contribution in [0.25, 0.3) is 0 Å². The van der Waals surface area contributed by atoms with Crippen LogP contribution in [-0.4, -0.2) is 62.9 Å². The van der Waals surface area contributed by atoms with E-state index in [1.807, 2.05) is 6.92 Å². The molecular formula is C20H22FN3O7. The number of aliphatic hydroxyl groups excluding tert-OH is 2. The number of alkyl halides is 1. The van der Waals surface area contributed by atoms with Gasteiger partial charge in [-0.15, -0.1) is 0 Å². The van der Waals surface area contributed by atoms with Crippen molar-refractivity contribution in [1.82, 2.24) is 9.55 Å².